The molecule has 1 nitrogen and oxygen atoms in total. The molecule has 0 spiro atoms. The SMILES string of the molecule is CCC(C)(c1ccccc1)C(N)c1c[c]ccc1. The zero-order valence-electron chi connectivity index (χ0n) is 11.1. The van der Waals surface area contributed by atoms with E-state index in [0.29, 0.717) is 0 Å². The summed E-state index contributed by atoms with van der Waals surface area (Å²) in [5, 5.41) is 0. The Kier molecular flexibility index (Phi) is 3.83. The maximum Gasteiger partial charge on any atom is 0.0390 e. The highest BCUT2D eigenvalue weighted by molar-refractivity contribution is 5.31. The lowest BCUT2D eigenvalue weighted by atomic mass is 9.72. The van der Waals surface area contributed by atoms with E-state index >= 15 is 0 Å². The molecule has 2 N–H and O–H groups in total. The van der Waals surface area contributed by atoms with Gasteiger partial charge in [-0.05, 0) is 29.7 Å². The van der Waals surface area contributed by atoms with Crippen LogP contribution >= 0.6 is 0 Å². The molecule has 2 atom stereocenters. The highest BCUT2D eigenvalue weighted by atomic mass is 14.7. The van der Waals surface area contributed by atoms with Crippen LogP contribution in [0.1, 0.15) is 37.4 Å². The van der Waals surface area contributed by atoms with E-state index in [1.165, 1.54) is 5.56 Å². The standard InChI is InChI=1S/C17H20N/c1-3-17(2,15-12-8-5-9-13-15)16(18)14-10-6-4-7-11-14/h4-6,8-13,16H,3,18H2,1-2H3. The summed E-state index contributed by atoms with van der Waals surface area (Å²) >= 11 is 0. The Hall–Kier alpha value is -1.60. The highest BCUT2D eigenvalue weighted by Gasteiger charge is 2.32. The molecule has 0 bridgehead atoms. The minimum Gasteiger partial charge on any atom is -0.323 e. The molecule has 1 radical (unpaired) electrons. The van der Waals surface area contributed by atoms with Crippen molar-refractivity contribution in [1.29, 1.82) is 0 Å². The third-order valence-electron chi connectivity index (χ3n) is 3.94. The molecule has 2 rings (SSSR count). The molecule has 0 aliphatic carbocycles. The molecule has 0 saturated carbocycles. The van der Waals surface area contributed by atoms with E-state index in [-0.39, 0.29) is 11.5 Å². The quantitative estimate of drug-likeness (QED) is 0.860. The van der Waals surface area contributed by atoms with E-state index in [4.69, 9.17) is 5.73 Å². The molecule has 2 aromatic carbocycles. The largest absolute Gasteiger partial charge is 0.323 e. The van der Waals surface area contributed by atoms with Gasteiger partial charge in [-0.1, -0.05) is 62.4 Å². The number of hydrogen-bond acceptors (Lipinski definition) is 1. The van der Waals surface area contributed by atoms with E-state index in [2.05, 4.69) is 50.2 Å². The van der Waals surface area contributed by atoms with Crippen molar-refractivity contribution in [2.45, 2.75) is 31.7 Å². The second kappa shape index (κ2) is 5.36. The van der Waals surface area contributed by atoms with E-state index in [1.807, 2.05) is 24.3 Å². The molecule has 18 heavy (non-hydrogen) atoms. The van der Waals surface area contributed by atoms with Gasteiger partial charge in [-0.25, -0.2) is 0 Å². The average molecular weight is 238 g/mol. The fraction of sp³-hybridized carbons (Fsp3) is 0.294. The third-order valence-corrected chi connectivity index (χ3v) is 3.94. The van der Waals surface area contributed by atoms with Crippen LogP contribution in [-0.2, 0) is 5.41 Å². The van der Waals surface area contributed by atoms with Gasteiger partial charge in [0.2, 0.25) is 0 Å². The van der Waals surface area contributed by atoms with Crippen molar-refractivity contribution < 1.29 is 0 Å². The molecule has 0 fully saturated rings. The van der Waals surface area contributed by atoms with E-state index in [9.17, 15) is 0 Å². The first-order chi connectivity index (χ1) is 8.68. The fourth-order valence-corrected chi connectivity index (χ4v) is 2.39. The summed E-state index contributed by atoms with van der Waals surface area (Å²) in [5.41, 5.74) is 8.89. The third kappa shape index (κ3) is 2.32. The molecule has 93 valence electrons. The summed E-state index contributed by atoms with van der Waals surface area (Å²) in [5.74, 6) is 0. The molecular formula is C17H20N. The van der Waals surface area contributed by atoms with Crippen molar-refractivity contribution in [3.8, 4) is 0 Å². The van der Waals surface area contributed by atoms with Crippen LogP contribution in [0.4, 0.5) is 0 Å². The number of benzene rings is 2. The van der Waals surface area contributed by atoms with Gasteiger partial charge in [0.25, 0.3) is 0 Å². The first kappa shape index (κ1) is 12.8. The maximum atomic E-state index is 6.50. The van der Waals surface area contributed by atoms with E-state index in [0.717, 1.165) is 12.0 Å². The summed E-state index contributed by atoms with van der Waals surface area (Å²) in [7, 11) is 0. The van der Waals surface area contributed by atoms with Crippen LogP contribution in [-0.4, -0.2) is 0 Å². The average Bonchev–Trinajstić information content (AvgIpc) is 2.47. The van der Waals surface area contributed by atoms with Gasteiger partial charge in [0, 0.05) is 11.5 Å². The summed E-state index contributed by atoms with van der Waals surface area (Å²) in [6.07, 6.45) is 1.01. The second-order valence-corrected chi connectivity index (χ2v) is 4.95. The predicted molar refractivity (Wildman–Crippen MR) is 76.3 cm³/mol. The molecule has 1 heteroatoms. The molecule has 2 unspecified atom stereocenters. The Balaban J connectivity index is 2.39. The molecule has 0 aliphatic heterocycles. The molecule has 0 heterocycles. The first-order valence-corrected chi connectivity index (χ1v) is 6.45. The lowest BCUT2D eigenvalue weighted by Crippen LogP contribution is -2.35. The van der Waals surface area contributed by atoms with Crippen LogP contribution in [0.15, 0.2) is 54.6 Å². The zero-order valence-corrected chi connectivity index (χ0v) is 11.1. The molecule has 0 aliphatic rings. The van der Waals surface area contributed by atoms with Gasteiger partial charge in [0.1, 0.15) is 0 Å². The lowest BCUT2D eigenvalue weighted by Gasteiger charge is -2.35. The summed E-state index contributed by atoms with van der Waals surface area (Å²) < 4.78 is 0. The Labute approximate surface area is 110 Å². The van der Waals surface area contributed by atoms with Gasteiger partial charge in [-0.3, -0.25) is 0 Å². The predicted octanol–water partition coefficient (Wildman–Crippen LogP) is 3.85. The Morgan fingerprint density at radius 1 is 1.17 bits per heavy atom. The Morgan fingerprint density at radius 2 is 1.89 bits per heavy atom. The minimum atomic E-state index is -0.0452. The monoisotopic (exact) mass is 238 g/mol. The van der Waals surface area contributed by atoms with Crippen molar-refractivity contribution in [2.24, 2.45) is 5.73 Å². The molecule has 2 aromatic rings. The fourth-order valence-electron chi connectivity index (χ4n) is 2.39. The highest BCUT2D eigenvalue weighted by Crippen LogP contribution is 2.38. The van der Waals surface area contributed by atoms with Crippen molar-refractivity contribution in [1.82, 2.24) is 0 Å². The normalized spacial score (nSPS) is 15.9. The van der Waals surface area contributed by atoms with Crippen LogP contribution in [0.5, 0.6) is 0 Å². The Bertz CT molecular complexity index is 477. The molecule has 0 saturated heterocycles. The van der Waals surface area contributed by atoms with Gasteiger partial charge in [-0.2, -0.15) is 0 Å². The van der Waals surface area contributed by atoms with E-state index < -0.39 is 0 Å². The second-order valence-electron chi connectivity index (χ2n) is 4.95. The Morgan fingerprint density at radius 3 is 2.44 bits per heavy atom. The van der Waals surface area contributed by atoms with Crippen LogP contribution in [0.3, 0.4) is 0 Å². The van der Waals surface area contributed by atoms with Crippen molar-refractivity contribution in [2.75, 3.05) is 0 Å². The van der Waals surface area contributed by atoms with E-state index in [1.54, 1.807) is 0 Å². The van der Waals surface area contributed by atoms with Crippen LogP contribution in [0.25, 0.3) is 0 Å². The summed E-state index contributed by atoms with van der Waals surface area (Å²) in [4.78, 5) is 0. The molecule has 0 amide bonds. The number of nitrogens with two attached hydrogens (primary N) is 1. The van der Waals surface area contributed by atoms with Crippen molar-refractivity contribution in [3.63, 3.8) is 0 Å². The zero-order chi connectivity index (χ0) is 13.0. The molecule has 0 aromatic heterocycles. The summed E-state index contributed by atoms with van der Waals surface area (Å²) in [6.45, 7) is 4.43. The van der Waals surface area contributed by atoms with Crippen LogP contribution < -0.4 is 5.73 Å². The van der Waals surface area contributed by atoms with Crippen LogP contribution in [0.2, 0.25) is 0 Å². The van der Waals surface area contributed by atoms with Crippen LogP contribution in [0, 0.1) is 6.07 Å². The van der Waals surface area contributed by atoms with Gasteiger partial charge in [-0.15, -0.1) is 0 Å². The van der Waals surface area contributed by atoms with Crippen molar-refractivity contribution in [3.05, 3.63) is 71.8 Å². The van der Waals surface area contributed by atoms with Gasteiger partial charge >= 0.3 is 0 Å². The molecular weight excluding hydrogens is 218 g/mol. The number of rotatable bonds is 4. The number of hydrogen-bond donors (Lipinski definition) is 1. The van der Waals surface area contributed by atoms with Gasteiger partial charge in [0.15, 0.2) is 0 Å². The lowest BCUT2D eigenvalue weighted by molar-refractivity contribution is 0.369. The topological polar surface area (TPSA) is 26.0 Å². The summed E-state index contributed by atoms with van der Waals surface area (Å²) in [6, 6.07) is 21.6. The smallest absolute Gasteiger partial charge is 0.0390 e. The van der Waals surface area contributed by atoms with Gasteiger partial charge in [0.05, 0.1) is 0 Å². The van der Waals surface area contributed by atoms with Gasteiger partial charge < -0.3 is 5.73 Å². The first-order valence-electron chi connectivity index (χ1n) is 6.45. The van der Waals surface area contributed by atoms with Crippen molar-refractivity contribution >= 4 is 0 Å². The minimum absolute atomic E-state index is 0.0117. The maximum absolute atomic E-state index is 6.50.